The van der Waals surface area contributed by atoms with E-state index >= 15 is 0 Å². The van der Waals surface area contributed by atoms with Crippen LogP contribution in [0.25, 0.3) is 0 Å². The molecule has 1 rings (SSSR count). The van der Waals surface area contributed by atoms with Gasteiger partial charge in [-0.05, 0) is 25.8 Å². The molecule has 0 radical (unpaired) electrons. The molecule has 80 valence electrons. The highest BCUT2D eigenvalue weighted by Crippen LogP contribution is 2.34. The summed E-state index contributed by atoms with van der Waals surface area (Å²) in [4.78, 5) is 0. The Hall–Kier alpha value is -0.600. The monoisotopic (exact) mass is 216 g/mol. The van der Waals surface area contributed by atoms with Crippen LogP contribution in [0.3, 0.4) is 0 Å². The molecule has 1 aliphatic rings. The first-order valence-electron chi connectivity index (χ1n) is 4.81. The maximum atomic E-state index is 11.5. The molecule has 1 saturated carbocycles. The third-order valence-corrected chi connectivity index (χ3v) is 4.47. The fourth-order valence-electron chi connectivity index (χ4n) is 2.24. The van der Waals surface area contributed by atoms with Crippen LogP contribution < -0.4 is 5.32 Å². The van der Waals surface area contributed by atoms with Crippen molar-refractivity contribution in [1.82, 2.24) is 5.32 Å². The maximum Gasteiger partial charge on any atom is 0.153 e. The van der Waals surface area contributed by atoms with Crippen molar-refractivity contribution in [3.63, 3.8) is 0 Å². The summed E-state index contributed by atoms with van der Waals surface area (Å²) in [5.74, 6) is 0. The molecule has 0 heterocycles. The predicted octanol–water partition coefficient (Wildman–Crippen LogP) is 0.455. The molecule has 5 heteroatoms. The highest BCUT2D eigenvalue weighted by Gasteiger charge is 2.48. The molecule has 0 saturated heterocycles. The molecule has 2 atom stereocenters. The fourth-order valence-corrected chi connectivity index (χ4v) is 3.82. The van der Waals surface area contributed by atoms with E-state index < -0.39 is 20.6 Å². The summed E-state index contributed by atoms with van der Waals surface area (Å²) < 4.78 is 23.0. The van der Waals surface area contributed by atoms with Crippen molar-refractivity contribution in [2.24, 2.45) is 0 Å². The average Bonchev–Trinajstić information content (AvgIpc) is 2.49. The van der Waals surface area contributed by atoms with E-state index in [4.69, 9.17) is 5.26 Å². The molecule has 14 heavy (non-hydrogen) atoms. The minimum absolute atomic E-state index is 0.542. The summed E-state index contributed by atoms with van der Waals surface area (Å²) in [7, 11) is -3.13. The second-order valence-electron chi connectivity index (χ2n) is 3.82. The number of rotatable bonds is 3. The quantitative estimate of drug-likeness (QED) is 0.744. The molecule has 0 aromatic heterocycles. The van der Waals surface area contributed by atoms with Crippen molar-refractivity contribution >= 4 is 9.84 Å². The number of sulfone groups is 1. The molecule has 0 amide bonds. The van der Waals surface area contributed by atoms with Crippen molar-refractivity contribution in [3.8, 4) is 6.07 Å². The van der Waals surface area contributed by atoms with Crippen molar-refractivity contribution < 1.29 is 8.42 Å². The molecule has 4 nitrogen and oxygen atoms in total. The standard InChI is InChI=1S/C9H16N2O2S/c1-3-11-9(7-10)6-4-5-8(9)14(2,12)13/h8,11H,3-6H2,1-2H3. The van der Waals surface area contributed by atoms with E-state index in [-0.39, 0.29) is 0 Å². The Morgan fingerprint density at radius 2 is 2.29 bits per heavy atom. The van der Waals surface area contributed by atoms with E-state index in [1.165, 1.54) is 6.26 Å². The first-order chi connectivity index (χ1) is 6.46. The molecule has 0 bridgehead atoms. The van der Waals surface area contributed by atoms with Gasteiger partial charge in [-0.1, -0.05) is 6.92 Å². The average molecular weight is 216 g/mol. The number of nitrogens with zero attached hydrogens (tertiary/aromatic N) is 1. The van der Waals surface area contributed by atoms with Crippen molar-refractivity contribution in [2.75, 3.05) is 12.8 Å². The van der Waals surface area contributed by atoms with Gasteiger partial charge in [-0.3, -0.25) is 5.32 Å². The van der Waals surface area contributed by atoms with Crippen molar-refractivity contribution in [3.05, 3.63) is 0 Å². The van der Waals surface area contributed by atoms with Crippen LogP contribution in [0.4, 0.5) is 0 Å². The van der Waals surface area contributed by atoms with Gasteiger partial charge in [0.1, 0.15) is 5.54 Å². The summed E-state index contributed by atoms with van der Waals surface area (Å²) in [5, 5.41) is 11.6. The van der Waals surface area contributed by atoms with Crippen LogP contribution in [0, 0.1) is 11.3 Å². The van der Waals surface area contributed by atoms with Gasteiger partial charge in [-0.25, -0.2) is 8.42 Å². The summed E-state index contributed by atoms with van der Waals surface area (Å²) in [6.07, 6.45) is 3.25. The first-order valence-corrected chi connectivity index (χ1v) is 6.77. The van der Waals surface area contributed by atoms with Gasteiger partial charge >= 0.3 is 0 Å². The van der Waals surface area contributed by atoms with Crippen LogP contribution in [0.5, 0.6) is 0 Å². The number of hydrogen-bond acceptors (Lipinski definition) is 4. The maximum absolute atomic E-state index is 11.5. The van der Waals surface area contributed by atoms with Crippen LogP contribution >= 0.6 is 0 Å². The van der Waals surface area contributed by atoms with Gasteiger partial charge < -0.3 is 0 Å². The lowest BCUT2D eigenvalue weighted by molar-refractivity contribution is 0.430. The smallest absolute Gasteiger partial charge is 0.153 e. The fraction of sp³-hybridized carbons (Fsp3) is 0.889. The SMILES string of the molecule is CCNC1(C#N)CCCC1S(C)(=O)=O. The summed E-state index contributed by atoms with van der Waals surface area (Å²) in [6, 6.07) is 2.14. The third-order valence-electron chi connectivity index (χ3n) is 2.80. The van der Waals surface area contributed by atoms with Crippen LogP contribution in [0.2, 0.25) is 0 Å². The van der Waals surface area contributed by atoms with Crippen LogP contribution in [-0.2, 0) is 9.84 Å². The Kier molecular flexibility index (Phi) is 3.17. The lowest BCUT2D eigenvalue weighted by Crippen LogP contribution is -2.52. The van der Waals surface area contributed by atoms with Gasteiger partial charge in [-0.15, -0.1) is 0 Å². The largest absolute Gasteiger partial charge is 0.299 e. The Labute approximate surface area is 85.2 Å². The Morgan fingerprint density at radius 1 is 1.64 bits per heavy atom. The van der Waals surface area contributed by atoms with Crippen molar-refractivity contribution in [2.45, 2.75) is 37.0 Å². The zero-order chi connectivity index (χ0) is 10.8. The summed E-state index contributed by atoms with van der Waals surface area (Å²) in [5.41, 5.74) is -0.845. The predicted molar refractivity (Wildman–Crippen MR) is 54.5 cm³/mol. The van der Waals surface area contributed by atoms with Gasteiger partial charge in [0.05, 0.1) is 11.3 Å². The molecular formula is C9H16N2O2S. The molecule has 1 fully saturated rings. The van der Waals surface area contributed by atoms with Gasteiger partial charge in [0, 0.05) is 6.26 Å². The minimum Gasteiger partial charge on any atom is -0.299 e. The van der Waals surface area contributed by atoms with E-state index in [0.29, 0.717) is 19.4 Å². The molecular weight excluding hydrogens is 200 g/mol. The highest BCUT2D eigenvalue weighted by atomic mass is 32.2. The molecule has 1 N–H and O–H groups in total. The van der Waals surface area contributed by atoms with E-state index in [0.717, 1.165) is 6.42 Å². The van der Waals surface area contributed by atoms with Crippen LogP contribution in [0.1, 0.15) is 26.2 Å². The second kappa shape index (κ2) is 3.87. The Balaban J connectivity index is 3.02. The first kappa shape index (κ1) is 11.5. The van der Waals surface area contributed by atoms with Gasteiger partial charge in [-0.2, -0.15) is 5.26 Å². The zero-order valence-corrected chi connectivity index (χ0v) is 9.39. The molecule has 1 aliphatic carbocycles. The summed E-state index contributed by atoms with van der Waals surface area (Å²) >= 11 is 0. The number of nitriles is 1. The van der Waals surface area contributed by atoms with Gasteiger partial charge in [0.2, 0.25) is 0 Å². The van der Waals surface area contributed by atoms with Crippen LogP contribution in [-0.4, -0.2) is 32.0 Å². The van der Waals surface area contributed by atoms with E-state index in [2.05, 4.69) is 11.4 Å². The minimum atomic E-state index is -3.13. The third kappa shape index (κ3) is 1.91. The summed E-state index contributed by atoms with van der Waals surface area (Å²) in [6.45, 7) is 2.51. The lowest BCUT2D eigenvalue weighted by Gasteiger charge is -2.27. The Morgan fingerprint density at radius 3 is 2.71 bits per heavy atom. The molecule has 2 unspecified atom stereocenters. The molecule has 0 aromatic carbocycles. The van der Waals surface area contributed by atoms with Crippen molar-refractivity contribution in [1.29, 1.82) is 5.26 Å². The topological polar surface area (TPSA) is 70.0 Å². The van der Waals surface area contributed by atoms with Crippen LogP contribution in [0.15, 0.2) is 0 Å². The number of nitrogens with one attached hydrogen (secondary N) is 1. The molecule has 0 aliphatic heterocycles. The van der Waals surface area contributed by atoms with E-state index in [1.54, 1.807) is 0 Å². The van der Waals surface area contributed by atoms with Gasteiger partial charge in [0.25, 0.3) is 0 Å². The second-order valence-corrected chi connectivity index (χ2v) is 6.05. The Bertz CT molecular complexity index is 344. The van der Waals surface area contributed by atoms with E-state index in [1.807, 2.05) is 6.92 Å². The molecule has 0 spiro atoms. The van der Waals surface area contributed by atoms with E-state index in [9.17, 15) is 8.42 Å². The van der Waals surface area contributed by atoms with Gasteiger partial charge in [0.15, 0.2) is 9.84 Å². The number of hydrogen-bond donors (Lipinski definition) is 1. The lowest BCUT2D eigenvalue weighted by atomic mass is 9.99. The normalized spacial score (nSPS) is 32.8. The highest BCUT2D eigenvalue weighted by molar-refractivity contribution is 7.91. The molecule has 0 aromatic rings. The zero-order valence-electron chi connectivity index (χ0n) is 8.58.